The van der Waals surface area contributed by atoms with E-state index in [1.54, 1.807) is 23.5 Å². The molecule has 0 amide bonds. The highest BCUT2D eigenvalue weighted by molar-refractivity contribution is 7.22. The molecule has 0 aliphatic heterocycles. The third-order valence-corrected chi connectivity index (χ3v) is 5.31. The average Bonchev–Trinajstić information content (AvgIpc) is 3.02. The molecule has 0 spiro atoms. The Morgan fingerprint density at radius 2 is 1.60 bits per heavy atom. The van der Waals surface area contributed by atoms with Crippen molar-refractivity contribution in [2.24, 2.45) is 0 Å². The minimum Gasteiger partial charge on any atom is -0.455 e. The first-order chi connectivity index (χ1) is 12.3. The third-order valence-electron chi connectivity index (χ3n) is 3.88. The number of rotatable bonds is 3. The zero-order chi connectivity index (χ0) is 17.2. The molecule has 1 heterocycles. The van der Waals surface area contributed by atoms with Crippen molar-refractivity contribution in [3.63, 3.8) is 0 Å². The van der Waals surface area contributed by atoms with E-state index in [1.165, 1.54) is 0 Å². The Bertz CT molecular complexity index is 1090. The van der Waals surface area contributed by atoms with Crippen LogP contribution in [0.2, 0.25) is 5.02 Å². The molecule has 4 rings (SSSR count). The van der Waals surface area contributed by atoms with Crippen LogP contribution in [0.25, 0.3) is 20.5 Å². The number of halogens is 1. The minimum atomic E-state index is 0.634. The van der Waals surface area contributed by atoms with Gasteiger partial charge in [0, 0.05) is 20.7 Å². The molecule has 0 bridgehead atoms. The van der Waals surface area contributed by atoms with Gasteiger partial charge in [-0.3, -0.25) is 0 Å². The van der Waals surface area contributed by atoms with E-state index in [2.05, 4.69) is 12.1 Å². The van der Waals surface area contributed by atoms with E-state index in [-0.39, 0.29) is 0 Å². The van der Waals surface area contributed by atoms with Gasteiger partial charge in [-0.05, 0) is 42.5 Å². The summed E-state index contributed by atoms with van der Waals surface area (Å²) in [5.41, 5.74) is 1.52. The number of thiophene rings is 1. The monoisotopic (exact) mass is 361 g/mol. The summed E-state index contributed by atoms with van der Waals surface area (Å²) in [6.45, 7) is 0. The molecule has 1 aromatic heterocycles. The molecule has 120 valence electrons. The number of benzene rings is 3. The number of nitrogens with zero attached hydrogens (tertiary/aromatic N) is 1. The van der Waals surface area contributed by atoms with Gasteiger partial charge in [0.1, 0.15) is 5.75 Å². The summed E-state index contributed by atoms with van der Waals surface area (Å²) in [7, 11) is 0. The summed E-state index contributed by atoms with van der Waals surface area (Å²) in [5, 5.41) is 11.2. The fourth-order valence-electron chi connectivity index (χ4n) is 2.70. The maximum absolute atomic E-state index is 9.46. The normalized spacial score (nSPS) is 10.6. The predicted molar refractivity (Wildman–Crippen MR) is 104 cm³/mol. The van der Waals surface area contributed by atoms with Crippen LogP contribution in [-0.2, 0) is 0 Å². The number of nitriles is 1. The van der Waals surface area contributed by atoms with E-state index in [9.17, 15) is 5.26 Å². The van der Waals surface area contributed by atoms with Gasteiger partial charge in [-0.25, -0.2) is 0 Å². The first-order valence-corrected chi connectivity index (χ1v) is 8.90. The Balaban J connectivity index is 1.92. The van der Waals surface area contributed by atoms with Crippen LogP contribution in [0.15, 0.2) is 72.8 Å². The van der Waals surface area contributed by atoms with Gasteiger partial charge in [0.25, 0.3) is 0 Å². The van der Waals surface area contributed by atoms with E-state index in [0.717, 1.165) is 26.3 Å². The first kappa shape index (κ1) is 15.7. The van der Waals surface area contributed by atoms with E-state index >= 15 is 0 Å². The van der Waals surface area contributed by atoms with Gasteiger partial charge in [0.05, 0.1) is 16.5 Å². The van der Waals surface area contributed by atoms with Crippen LogP contribution in [0.3, 0.4) is 0 Å². The molecule has 0 saturated heterocycles. The van der Waals surface area contributed by atoms with Crippen molar-refractivity contribution in [1.82, 2.24) is 0 Å². The number of hydrogen-bond donors (Lipinski definition) is 0. The van der Waals surface area contributed by atoms with Crippen molar-refractivity contribution in [1.29, 1.82) is 5.26 Å². The topological polar surface area (TPSA) is 33.0 Å². The van der Waals surface area contributed by atoms with Crippen molar-refractivity contribution < 1.29 is 4.74 Å². The fraction of sp³-hybridized carbons (Fsp3) is 0. The second-order valence-electron chi connectivity index (χ2n) is 5.47. The van der Waals surface area contributed by atoms with Crippen LogP contribution in [0.4, 0.5) is 0 Å². The highest BCUT2D eigenvalue weighted by Gasteiger charge is 2.18. The van der Waals surface area contributed by atoms with Gasteiger partial charge in [0.2, 0.25) is 0 Å². The number of hydrogen-bond acceptors (Lipinski definition) is 3. The van der Waals surface area contributed by atoms with Crippen LogP contribution < -0.4 is 4.74 Å². The zero-order valence-electron chi connectivity index (χ0n) is 13.1. The molecule has 0 fully saturated rings. The smallest absolute Gasteiger partial charge is 0.153 e. The molecule has 0 aliphatic carbocycles. The number of fused-ring (bicyclic) bond motifs is 1. The second-order valence-corrected chi connectivity index (χ2v) is 6.96. The van der Waals surface area contributed by atoms with E-state index < -0.39 is 0 Å². The molecule has 2 nitrogen and oxygen atoms in total. The summed E-state index contributed by atoms with van der Waals surface area (Å²) >= 11 is 7.59. The van der Waals surface area contributed by atoms with E-state index in [4.69, 9.17) is 16.3 Å². The van der Waals surface area contributed by atoms with Crippen LogP contribution in [0.5, 0.6) is 11.5 Å². The Kier molecular flexibility index (Phi) is 4.15. The fourth-order valence-corrected chi connectivity index (χ4v) is 4.00. The lowest BCUT2D eigenvalue weighted by atomic mass is 10.1. The molecule has 0 unspecified atom stereocenters. The van der Waals surface area contributed by atoms with Crippen molar-refractivity contribution in [3.05, 3.63) is 83.4 Å². The zero-order valence-corrected chi connectivity index (χ0v) is 14.6. The second kappa shape index (κ2) is 6.60. The quantitative estimate of drug-likeness (QED) is 0.398. The average molecular weight is 362 g/mol. The molecule has 4 heteroatoms. The summed E-state index contributed by atoms with van der Waals surface area (Å²) < 4.78 is 7.33. The molecular weight excluding hydrogens is 350 g/mol. The highest BCUT2D eigenvalue weighted by Crippen LogP contribution is 2.47. The Hall–Kier alpha value is -2.80. The molecule has 0 atom stereocenters. The van der Waals surface area contributed by atoms with Crippen LogP contribution in [0, 0.1) is 11.3 Å². The van der Waals surface area contributed by atoms with Crippen LogP contribution in [0.1, 0.15) is 5.56 Å². The molecule has 0 saturated carbocycles. The van der Waals surface area contributed by atoms with Gasteiger partial charge in [-0.2, -0.15) is 5.26 Å². The molecule has 0 N–H and O–H groups in total. The lowest BCUT2D eigenvalue weighted by molar-refractivity contribution is 0.491. The summed E-state index contributed by atoms with van der Waals surface area (Å²) in [6.07, 6.45) is 0. The lowest BCUT2D eigenvalue weighted by Gasteiger charge is -2.09. The Morgan fingerprint density at radius 1 is 0.880 bits per heavy atom. The van der Waals surface area contributed by atoms with E-state index in [1.807, 2.05) is 54.6 Å². The van der Waals surface area contributed by atoms with Crippen LogP contribution >= 0.6 is 22.9 Å². The molecule has 25 heavy (non-hydrogen) atoms. The minimum absolute atomic E-state index is 0.634. The van der Waals surface area contributed by atoms with Gasteiger partial charge in [0.15, 0.2) is 5.75 Å². The molecule has 0 aliphatic rings. The summed E-state index contributed by atoms with van der Waals surface area (Å²) in [4.78, 5) is 0.952. The van der Waals surface area contributed by atoms with Crippen molar-refractivity contribution in [3.8, 4) is 28.0 Å². The standard InChI is InChI=1S/C21H12ClNOS/c22-15-9-11-16(12-10-15)24-20-18-7-3-4-8-19(18)25-21(20)17-6-2-1-5-14(17)13-23/h1-12H. The van der Waals surface area contributed by atoms with Crippen LogP contribution in [-0.4, -0.2) is 0 Å². The van der Waals surface area contributed by atoms with Gasteiger partial charge < -0.3 is 4.74 Å². The molecule has 3 aromatic carbocycles. The molecule has 0 radical (unpaired) electrons. The summed E-state index contributed by atoms with van der Waals surface area (Å²) in [6, 6.07) is 25.2. The Morgan fingerprint density at radius 3 is 2.40 bits per heavy atom. The molecular formula is C21H12ClNOS. The van der Waals surface area contributed by atoms with Crippen molar-refractivity contribution >= 4 is 33.0 Å². The SMILES string of the molecule is N#Cc1ccccc1-c1sc2ccccc2c1Oc1ccc(Cl)cc1. The third kappa shape index (κ3) is 2.98. The first-order valence-electron chi connectivity index (χ1n) is 7.71. The Labute approximate surface area is 154 Å². The van der Waals surface area contributed by atoms with Gasteiger partial charge >= 0.3 is 0 Å². The van der Waals surface area contributed by atoms with Crippen molar-refractivity contribution in [2.75, 3.05) is 0 Å². The van der Waals surface area contributed by atoms with Gasteiger partial charge in [-0.1, -0.05) is 41.9 Å². The van der Waals surface area contributed by atoms with Crippen molar-refractivity contribution in [2.45, 2.75) is 0 Å². The maximum Gasteiger partial charge on any atom is 0.153 e. The summed E-state index contributed by atoms with van der Waals surface area (Å²) in [5.74, 6) is 1.48. The van der Waals surface area contributed by atoms with E-state index in [0.29, 0.717) is 16.3 Å². The largest absolute Gasteiger partial charge is 0.455 e. The van der Waals surface area contributed by atoms with Gasteiger partial charge in [-0.15, -0.1) is 11.3 Å². The molecule has 4 aromatic rings. The predicted octanol–water partition coefficient (Wildman–Crippen LogP) is 6.89. The lowest BCUT2D eigenvalue weighted by Crippen LogP contribution is -1.87. The highest BCUT2D eigenvalue weighted by atomic mass is 35.5. The number of ether oxygens (including phenoxy) is 1. The maximum atomic E-state index is 9.46.